The van der Waals surface area contributed by atoms with E-state index >= 15 is 0 Å². The first kappa shape index (κ1) is 21.8. The van der Waals surface area contributed by atoms with Gasteiger partial charge in [-0.3, -0.25) is 9.89 Å². The fourth-order valence-electron chi connectivity index (χ4n) is 3.42. The van der Waals surface area contributed by atoms with Gasteiger partial charge in [0.15, 0.2) is 0 Å². The van der Waals surface area contributed by atoms with Crippen LogP contribution in [0.5, 0.6) is 0 Å². The van der Waals surface area contributed by atoms with Crippen molar-refractivity contribution in [3.8, 4) is 11.3 Å². The second-order valence-corrected chi connectivity index (χ2v) is 7.33. The molecule has 0 bridgehead atoms. The molecule has 10 heteroatoms. The first-order valence-corrected chi connectivity index (χ1v) is 9.44. The number of benzene rings is 1. The number of H-pyrrole nitrogens is 1. The Balaban J connectivity index is 0.000000318. The Kier molecular flexibility index (Phi) is 6.14. The molecule has 30 heavy (non-hydrogen) atoms. The molecule has 0 unspecified atom stereocenters. The van der Waals surface area contributed by atoms with Crippen molar-refractivity contribution in [1.29, 1.82) is 0 Å². The summed E-state index contributed by atoms with van der Waals surface area (Å²) in [4.78, 5) is 23.0. The van der Waals surface area contributed by atoms with E-state index in [0.717, 1.165) is 29.8 Å². The average molecular weight is 427 g/mol. The fourth-order valence-corrected chi connectivity index (χ4v) is 3.42. The highest BCUT2D eigenvalue weighted by Gasteiger charge is 2.45. The highest BCUT2D eigenvalue weighted by Crippen LogP contribution is 2.36. The third kappa shape index (κ3) is 4.80. The van der Waals surface area contributed by atoms with Crippen LogP contribution in [-0.2, 0) is 22.4 Å². The number of hydrogen-bond donors (Lipinski definition) is 2. The summed E-state index contributed by atoms with van der Waals surface area (Å²) in [6.45, 7) is 3.37. The summed E-state index contributed by atoms with van der Waals surface area (Å²) in [5.41, 5.74) is 5.61. The molecule has 1 aliphatic heterocycles. The van der Waals surface area contributed by atoms with E-state index in [1.165, 1.54) is 11.1 Å². The maximum Gasteiger partial charge on any atom is 0.490 e. The number of carbonyl (C=O) groups is 2. The number of nitrogens with zero attached hydrogens (tertiary/aromatic N) is 2. The molecule has 1 amide bonds. The second kappa shape index (κ2) is 8.45. The Morgan fingerprint density at radius 1 is 1.20 bits per heavy atom. The van der Waals surface area contributed by atoms with Crippen molar-refractivity contribution in [2.45, 2.75) is 38.5 Å². The normalized spacial score (nSPS) is 20.5. The molecule has 0 saturated heterocycles. The lowest BCUT2D eigenvalue weighted by Gasteiger charge is -2.20. The van der Waals surface area contributed by atoms with Crippen molar-refractivity contribution in [1.82, 2.24) is 15.1 Å². The largest absolute Gasteiger partial charge is 0.490 e. The summed E-state index contributed by atoms with van der Waals surface area (Å²) in [5.74, 6) is -3.17. The van der Waals surface area contributed by atoms with Crippen LogP contribution >= 0.6 is 0 Å². The topological polar surface area (TPSA) is 86.3 Å². The third-order valence-electron chi connectivity index (χ3n) is 5.20. The van der Waals surface area contributed by atoms with Crippen LogP contribution in [0.2, 0.25) is 0 Å². The minimum atomic E-state index is -5.08. The van der Waals surface area contributed by atoms with E-state index in [0.29, 0.717) is 19.5 Å². The molecule has 1 aromatic carbocycles. The summed E-state index contributed by atoms with van der Waals surface area (Å²) in [6.07, 6.45) is -4.08. The van der Waals surface area contributed by atoms with E-state index in [2.05, 4.69) is 29.3 Å². The molecule has 1 fully saturated rings. The number of aryl methyl sites for hydroxylation is 1. The van der Waals surface area contributed by atoms with Crippen LogP contribution in [0, 0.1) is 12.8 Å². The maximum absolute atomic E-state index is 13.2. The van der Waals surface area contributed by atoms with E-state index < -0.39 is 18.3 Å². The Morgan fingerprint density at radius 2 is 1.80 bits per heavy atom. The van der Waals surface area contributed by atoms with Crippen LogP contribution in [0.15, 0.2) is 24.3 Å². The number of nitrogens with one attached hydrogen (secondary N) is 1. The zero-order chi connectivity index (χ0) is 22.1. The monoisotopic (exact) mass is 427 g/mol. The zero-order valence-corrected chi connectivity index (χ0v) is 16.2. The van der Waals surface area contributed by atoms with E-state index in [1.807, 2.05) is 17.0 Å². The van der Waals surface area contributed by atoms with Gasteiger partial charge in [-0.05, 0) is 25.3 Å². The smallest absolute Gasteiger partial charge is 0.475 e. The number of rotatable bonds is 2. The number of alkyl halides is 4. The number of aromatic nitrogens is 2. The predicted octanol–water partition coefficient (Wildman–Crippen LogP) is 3.30. The molecule has 1 saturated carbocycles. The molecule has 2 aromatic rings. The Labute approximate surface area is 169 Å². The summed E-state index contributed by atoms with van der Waals surface area (Å²) in [7, 11) is 0. The molecule has 0 spiro atoms. The Hall–Kier alpha value is -2.91. The van der Waals surface area contributed by atoms with Gasteiger partial charge in [0.2, 0.25) is 5.91 Å². The number of halogens is 4. The van der Waals surface area contributed by atoms with E-state index in [1.54, 1.807) is 0 Å². The summed E-state index contributed by atoms with van der Waals surface area (Å²) >= 11 is 0. The fraction of sp³-hybridized carbons (Fsp3) is 0.450. The first-order chi connectivity index (χ1) is 14.1. The number of fused-ring (bicyclic) bond motifs is 1. The standard InChI is InChI=1S/C18H20FN3O.C2HF3O2/c1-11-4-2-3-5-12(11)17-13-6-8-22(9-7-16(13)20-21-17)18(23)14-10-15(14)19;3-2(4,5)1(6)7/h2-5,14-15H,6-10H2,1H3,(H,20,21);(H,6,7)/t14-,15-;/m1./s1. The van der Waals surface area contributed by atoms with Crippen molar-refractivity contribution < 1.29 is 32.3 Å². The highest BCUT2D eigenvalue weighted by atomic mass is 19.4. The van der Waals surface area contributed by atoms with Crippen LogP contribution in [0.1, 0.15) is 23.2 Å². The lowest BCUT2D eigenvalue weighted by molar-refractivity contribution is -0.192. The van der Waals surface area contributed by atoms with Gasteiger partial charge in [-0.25, -0.2) is 9.18 Å². The van der Waals surface area contributed by atoms with Crippen molar-refractivity contribution >= 4 is 11.9 Å². The van der Waals surface area contributed by atoms with Gasteiger partial charge in [0, 0.05) is 36.3 Å². The van der Waals surface area contributed by atoms with Crippen LogP contribution in [0.3, 0.4) is 0 Å². The number of carbonyl (C=O) groups excluding carboxylic acids is 1. The quantitative estimate of drug-likeness (QED) is 0.721. The third-order valence-corrected chi connectivity index (χ3v) is 5.20. The number of amides is 1. The molecular formula is C20H21F4N3O3. The van der Waals surface area contributed by atoms with Crippen molar-refractivity contribution in [2.24, 2.45) is 5.92 Å². The first-order valence-electron chi connectivity index (χ1n) is 9.44. The van der Waals surface area contributed by atoms with Gasteiger partial charge in [-0.15, -0.1) is 0 Å². The molecule has 0 radical (unpaired) electrons. The van der Waals surface area contributed by atoms with Crippen LogP contribution in [-0.4, -0.2) is 57.5 Å². The van der Waals surface area contributed by atoms with Gasteiger partial charge in [0.1, 0.15) is 6.17 Å². The highest BCUT2D eigenvalue weighted by molar-refractivity contribution is 5.82. The molecule has 2 N–H and O–H groups in total. The van der Waals surface area contributed by atoms with Gasteiger partial charge in [-0.2, -0.15) is 18.3 Å². The van der Waals surface area contributed by atoms with Gasteiger partial charge < -0.3 is 10.0 Å². The molecule has 6 nitrogen and oxygen atoms in total. The Morgan fingerprint density at radius 3 is 2.37 bits per heavy atom. The van der Waals surface area contributed by atoms with Gasteiger partial charge >= 0.3 is 12.1 Å². The van der Waals surface area contributed by atoms with Crippen LogP contribution in [0.4, 0.5) is 17.6 Å². The number of carboxylic acids is 1. The lowest BCUT2D eigenvalue weighted by Crippen LogP contribution is -2.35. The minimum Gasteiger partial charge on any atom is -0.475 e. The maximum atomic E-state index is 13.2. The van der Waals surface area contributed by atoms with Crippen LogP contribution in [0.25, 0.3) is 11.3 Å². The number of hydrogen-bond acceptors (Lipinski definition) is 3. The molecule has 1 aliphatic carbocycles. The van der Waals surface area contributed by atoms with E-state index in [4.69, 9.17) is 9.90 Å². The molecule has 2 aliphatic rings. The van der Waals surface area contributed by atoms with E-state index in [-0.39, 0.29) is 11.8 Å². The molecule has 4 rings (SSSR count). The summed E-state index contributed by atoms with van der Waals surface area (Å²) in [6, 6.07) is 8.20. The van der Waals surface area contributed by atoms with Crippen molar-refractivity contribution in [3.63, 3.8) is 0 Å². The van der Waals surface area contributed by atoms with Gasteiger partial charge in [0.05, 0.1) is 11.6 Å². The lowest BCUT2D eigenvalue weighted by atomic mass is 9.99. The molecular weight excluding hydrogens is 406 g/mol. The molecule has 2 atom stereocenters. The van der Waals surface area contributed by atoms with Gasteiger partial charge in [0.25, 0.3) is 0 Å². The number of carboxylic acid groups (broad SMARTS) is 1. The molecule has 162 valence electrons. The van der Waals surface area contributed by atoms with Crippen molar-refractivity contribution in [3.05, 3.63) is 41.1 Å². The molecule has 2 heterocycles. The summed E-state index contributed by atoms with van der Waals surface area (Å²) < 4.78 is 44.9. The average Bonchev–Trinajstić information content (AvgIpc) is 3.34. The minimum absolute atomic E-state index is 0.0203. The summed E-state index contributed by atoms with van der Waals surface area (Å²) in [5, 5.41) is 14.8. The zero-order valence-electron chi connectivity index (χ0n) is 16.2. The Bertz CT molecular complexity index is 942. The predicted molar refractivity (Wildman–Crippen MR) is 99.4 cm³/mol. The second-order valence-electron chi connectivity index (χ2n) is 7.33. The van der Waals surface area contributed by atoms with Crippen molar-refractivity contribution in [2.75, 3.05) is 13.1 Å². The van der Waals surface area contributed by atoms with Crippen LogP contribution < -0.4 is 0 Å². The van der Waals surface area contributed by atoms with E-state index in [9.17, 15) is 22.4 Å². The SMILES string of the molecule is Cc1ccccc1-c1n[nH]c2c1CCN(C(=O)[C@@H]1C[C@H]1F)CC2.O=C(O)C(F)(F)F. The number of aromatic amines is 1. The molecule has 1 aromatic heterocycles. The number of aliphatic carboxylic acids is 1. The van der Waals surface area contributed by atoms with Gasteiger partial charge in [-0.1, -0.05) is 24.3 Å².